The predicted molar refractivity (Wildman–Crippen MR) is 118 cm³/mol. The third-order valence-corrected chi connectivity index (χ3v) is 7.21. The summed E-state index contributed by atoms with van der Waals surface area (Å²) in [6, 6.07) is 8.07. The van der Waals surface area contributed by atoms with Gasteiger partial charge in [0.25, 0.3) is 5.91 Å². The average Bonchev–Trinajstić information content (AvgIpc) is 2.75. The number of hydrogen-bond donors (Lipinski definition) is 1. The van der Waals surface area contributed by atoms with Gasteiger partial charge in [-0.3, -0.25) is 4.79 Å². The Labute approximate surface area is 191 Å². The van der Waals surface area contributed by atoms with Gasteiger partial charge in [-0.15, -0.1) is 0 Å². The van der Waals surface area contributed by atoms with Gasteiger partial charge in [0, 0.05) is 19.2 Å². The summed E-state index contributed by atoms with van der Waals surface area (Å²) >= 11 is 0. The molecule has 1 aliphatic heterocycles. The Balaban J connectivity index is 1.70. The van der Waals surface area contributed by atoms with Gasteiger partial charge in [0.2, 0.25) is 10.0 Å². The zero-order valence-corrected chi connectivity index (χ0v) is 19.4. The largest absolute Gasteiger partial charge is 0.449 e. The first-order valence-corrected chi connectivity index (χ1v) is 12.0. The number of carbonyl (C=O) groups excluding carboxylic acids is 2. The summed E-state index contributed by atoms with van der Waals surface area (Å²) in [6.45, 7) is 6.08. The number of benzene rings is 2. The van der Waals surface area contributed by atoms with Gasteiger partial charge < -0.3 is 10.1 Å². The number of sulfonamides is 1. The topological polar surface area (TPSA) is 92.8 Å². The van der Waals surface area contributed by atoms with E-state index in [1.54, 1.807) is 0 Å². The van der Waals surface area contributed by atoms with E-state index in [4.69, 9.17) is 4.74 Å². The van der Waals surface area contributed by atoms with E-state index >= 15 is 0 Å². The first-order chi connectivity index (χ1) is 15.5. The molecule has 178 valence electrons. The van der Waals surface area contributed by atoms with Crippen molar-refractivity contribution in [1.29, 1.82) is 0 Å². The molecule has 7 nitrogen and oxygen atoms in total. The van der Waals surface area contributed by atoms with E-state index in [1.165, 1.54) is 35.5 Å². The number of amides is 1. The number of esters is 1. The zero-order chi connectivity index (χ0) is 24.3. The molecule has 1 fully saturated rings. The molecule has 2 aromatic rings. The number of piperidine rings is 1. The fraction of sp³-hybridized carbons (Fsp3) is 0.391. The van der Waals surface area contributed by atoms with E-state index in [-0.39, 0.29) is 28.0 Å². The Kier molecular flexibility index (Phi) is 7.48. The van der Waals surface area contributed by atoms with Crippen molar-refractivity contribution >= 4 is 27.6 Å². The van der Waals surface area contributed by atoms with Crippen molar-refractivity contribution in [2.24, 2.45) is 11.8 Å². The van der Waals surface area contributed by atoms with Crippen LogP contribution in [-0.2, 0) is 19.6 Å². The van der Waals surface area contributed by atoms with Crippen molar-refractivity contribution in [1.82, 2.24) is 4.31 Å². The van der Waals surface area contributed by atoms with E-state index in [9.17, 15) is 26.8 Å². The summed E-state index contributed by atoms with van der Waals surface area (Å²) in [5.41, 5.74) is -0.302. The minimum absolute atomic E-state index is 0.0382. The lowest BCUT2D eigenvalue weighted by molar-refractivity contribution is -0.123. The Morgan fingerprint density at radius 2 is 1.76 bits per heavy atom. The maximum atomic E-state index is 13.7. The van der Waals surface area contributed by atoms with Gasteiger partial charge in [-0.1, -0.05) is 19.9 Å². The van der Waals surface area contributed by atoms with Crippen molar-refractivity contribution in [3.63, 3.8) is 0 Å². The molecule has 0 radical (unpaired) electrons. The molecule has 1 N–H and O–H groups in total. The van der Waals surface area contributed by atoms with Crippen LogP contribution >= 0.6 is 0 Å². The van der Waals surface area contributed by atoms with E-state index < -0.39 is 39.6 Å². The molecule has 0 spiro atoms. The highest BCUT2D eigenvalue weighted by atomic mass is 32.2. The summed E-state index contributed by atoms with van der Waals surface area (Å²) in [5, 5.41) is 2.22. The molecule has 3 rings (SSSR count). The van der Waals surface area contributed by atoms with Crippen LogP contribution in [0.5, 0.6) is 0 Å². The lowest BCUT2D eigenvalue weighted by Crippen LogP contribution is -2.42. The van der Waals surface area contributed by atoms with Gasteiger partial charge in [0.05, 0.1) is 16.1 Å². The summed E-state index contributed by atoms with van der Waals surface area (Å²) in [5.74, 6) is -3.05. The van der Waals surface area contributed by atoms with Gasteiger partial charge >= 0.3 is 5.97 Å². The van der Waals surface area contributed by atoms with Crippen LogP contribution in [0.3, 0.4) is 0 Å². The summed E-state index contributed by atoms with van der Waals surface area (Å²) in [6.07, 6.45) is -0.369. The highest BCUT2D eigenvalue weighted by Crippen LogP contribution is 2.27. The highest BCUT2D eigenvalue weighted by molar-refractivity contribution is 7.89. The molecule has 0 bridgehead atoms. The van der Waals surface area contributed by atoms with Gasteiger partial charge in [0.15, 0.2) is 6.10 Å². The molecule has 1 saturated heterocycles. The van der Waals surface area contributed by atoms with E-state index in [0.717, 1.165) is 18.6 Å². The maximum absolute atomic E-state index is 13.7. The molecule has 3 unspecified atom stereocenters. The Morgan fingerprint density at radius 1 is 1.09 bits per heavy atom. The summed E-state index contributed by atoms with van der Waals surface area (Å²) in [7, 11) is -3.80. The van der Waals surface area contributed by atoms with Crippen molar-refractivity contribution < 1.29 is 31.5 Å². The first-order valence-electron chi connectivity index (χ1n) is 10.5. The number of rotatable bonds is 6. The number of halogens is 2. The summed E-state index contributed by atoms with van der Waals surface area (Å²) < 4.78 is 59.5. The minimum atomic E-state index is -3.80. The molecule has 1 aliphatic rings. The quantitative estimate of drug-likeness (QED) is 0.635. The monoisotopic (exact) mass is 480 g/mol. The van der Waals surface area contributed by atoms with Crippen molar-refractivity contribution in [2.75, 3.05) is 18.4 Å². The molecule has 0 aromatic heterocycles. The van der Waals surface area contributed by atoms with Crippen molar-refractivity contribution in [3.05, 3.63) is 59.7 Å². The van der Waals surface area contributed by atoms with E-state index in [2.05, 4.69) is 5.32 Å². The fourth-order valence-corrected chi connectivity index (χ4v) is 5.57. The smallest absolute Gasteiger partial charge is 0.338 e. The number of ether oxygens (including phenoxy) is 1. The van der Waals surface area contributed by atoms with Gasteiger partial charge in [-0.25, -0.2) is 22.0 Å². The Bertz CT molecular complexity index is 1150. The number of hydrogen-bond acceptors (Lipinski definition) is 5. The molecule has 3 atom stereocenters. The highest BCUT2D eigenvalue weighted by Gasteiger charge is 2.32. The standard InChI is InChI=1S/C23H26F2N2O5S/c1-14-9-15(2)13-27(12-14)33(30,31)19-6-4-5-17(10-19)23(29)32-16(3)22(28)26-21-8-7-18(24)11-20(21)25/h4-8,10-11,14-16H,9,12-13H2,1-3H3,(H,26,28). The normalized spacial score (nSPS) is 20.2. The van der Waals surface area contributed by atoms with Gasteiger partial charge in [0.1, 0.15) is 11.6 Å². The van der Waals surface area contributed by atoms with Crippen LogP contribution in [-0.4, -0.2) is 43.8 Å². The molecule has 33 heavy (non-hydrogen) atoms. The molecule has 2 aromatic carbocycles. The lowest BCUT2D eigenvalue weighted by Gasteiger charge is -2.34. The third kappa shape index (κ3) is 5.94. The molecular weight excluding hydrogens is 454 g/mol. The van der Waals surface area contributed by atoms with Gasteiger partial charge in [-0.05, 0) is 55.5 Å². The van der Waals surface area contributed by atoms with Crippen LogP contribution in [0.1, 0.15) is 37.6 Å². The van der Waals surface area contributed by atoms with Crippen LogP contribution in [0.25, 0.3) is 0 Å². The lowest BCUT2D eigenvalue weighted by atomic mass is 9.94. The number of anilines is 1. The second-order valence-corrected chi connectivity index (χ2v) is 10.4. The first kappa shape index (κ1) is 24.8. The Morgan fingerprint density at radius 3 is 2.39 bits per heavy atom. The van der Waals surface area contributed by atoms with E-state index in [1.807, 2.05) is 13.8 Å². The van der Waals surface area contributed by atoms with Crippen molar-refractivity contribution in [3.8, 4) is 0 Å². The third-order valence-electron chi connectivity index (χ3n) is 5.38. The molecule has 1 amide bonds. The number of nitrogens with one attached hydrogen (secondary N) is 1. The molecule has 0 aliphatic carbocycles. The second kappa shape index (κ2) is 9.96. The number of carbonyl (C=O) groups is 2. The van der Waals surface area contributed by atoms with Crippen LogP contribution in [0, 0.1) is 23.5 Å². The molecule has 0 saturated carbocycles. The minimum Gasteiger partial charge on any atom is -0.449 e. The van der Waals surface area contributed by atoms with Crippen molar-refractivity contribution in [2.45, 2.75) is 38.2 Å². The zero-order valence-electron chi connectivity index (χ0n) is 18.5. The summed E-state index contributed by atoms with van der Waals surface area (Å²) in [4.78, 5) is 24.8. The van der Waals surface area contributed by atoms with Crippen LogP contribution in [0.4, 0.5) is 14.5 Å². The van der Waals surface area contributed by atoms with Gasteiger partial charge in [-0.2, -0.15) is 4.31 Å². The SMILES string of the molecule is CC1CC(C)CN(S(=O)(=O)c2cccc(C(=O)OC(C)C(=O)Nc3ccc(F)cc3F)c2)C1. The maximum Gasteiger partial charge on any atom is 0.338 e. The van der Waals surface area contributed by atoms with Crippen LogP contribution < -0.4 is 5.32 Å². The molecule has 1 heterocycles. The number of nitrogens with zero attached hydrogens (tertiary/aromatic N) is 1. The van der Waals surface area contributed by atoms with E-state index in [0.29, 0.717) is 19.2 Å². The van der Waals surface area contributed by atoms with Crippen LogP contribution in [0.2, 0.25) is 0 Å². The molecule has 10 heteroatoms. The van der Waals surface area contributed by atoms with Crippen LogP contribution in [0.15, 0.2) is 47.4 Å². The second-order valence-electron chi connectivity index (χ2n) is 8.46. The molecular formula is C23H26F2N2O5S. The predicted octanol–water partition coefficient (Wildman–Crippen LogP) is 3.82. The Hall–Kier alpha value is -2.85. The average molecular weight is 481 g/mol. The fourth-order valence-electron chi connectivity index (χ4n) is 3.84.